The Morgan fingerprint density at radius 2 is 1.25 bits per heavy atom. The largest absolute Gasteiger partial charge is 0.319 e. The number of unbranched alkanes of at least 4 members (excludes halogenated alkanes) is 10. The average molecular weight is 363 g/mol. The van der Waals surface area contributed by atoms with E-state index in [9.17, 15) is 4.57 Å². The molecular weight excluding hydrogens is 319 g/mol. The van der Waals surface area contributed by atoms with Crippen LogP contribution in [-0.2, 0) is 13.6 Å². The van der Waals surface area contributed by atoms with E-state index in [2.05, 4.69) is 20.8 Å². The molecule has 0 aromatic heterocycles. The second-order valence-electron chi connectivity index (χ2n) is 7.01. The quantitative estimate of drug-likeness (QED) is 0.176. The van der Waals surface area contributed by atoms with E-state index in [4.69, 9.17) is 9.05 Å². The van der Waals surface area contributed by atoms with Gasteiger partial charge in [0.25, 0.3) is 0 Å². The van der Waals surface area contributed by atoms with Crippen LogP contribution in [0.1, 0.15) is 111 Å². The molecule has 0 aliphatic carbocycles. The lowest BCUT2D eigenvalue weighted by Gasteiger charge is -2.14. The van der Waals surface area contributed by atoms with E-state index < -0.39 is 8.25 Å². The van der Waals surface area contributed by atoms with Crippen molar-refractivity contribution in [1.82, 2.24) is 0 Å². The van der Waals surface area contributed by atoms with E-state index in [-0.39, 0.29) is 0 Å². The molecule has 0 bridgehead atoms. The summed E-state index contributed by atoms with van der Waals surface area (Å²) in [7, 11) is -2.28. The highest BCUT2D eigenvalue weighted by atomic mass is 31.1. The summed E-state index contributed by atoms with van der Waals surface area (Å²) in [5.74, 6) is 0.528. The number of hydrogen-bond donors (Lipinski definition) is 0. The molecule has 0 spiro atoms. The summed E-state index contributed by atoms with van der Waals surface area (Å²) in [6.45, 7) is 7.81. The Labute approximate surface area is 152 Å². The molecule has 2 atom stereocenters. The van der Waals surface area contributed by atoms with Crippen LogP contribution in [0.25, 0.3) is 0 Å². The molecule has 4 heteroatoms. The highest BCUT2D eigenvalue weighted by Gasteiger charge is 2.08. The monoisotopic (exact) mass is 362 g/mol. The van der Waals surface area contributed by atoms with Gasteiger partial charge in [0, 0.05) is 0 Å². The minimum absolute atomic E-state index is 0.528. The van der Waals surface area contributed by atoms with Crippen LogP contribution < -0.4 is 0 Å². The fourth-order valence-corrected chi connectivity index (χ4v) is 3.64. The van der Waals surface area contributed by atoms with Gasteiger partial charge in [0.15, 0.2) is 0 Å². The van der Waals surface area contributed by atoms with Crippen LogP contribution in [0.2, 0.25) is 0 Å². The highest BCUT2D eigenvalue weighted by Crippen LogP contribution is 2.27. The minimum atomic E-state index is -2.28. The summed E-state index contributed by atoms with van der Waals surface area (Å²) >= 11 is 0. The van der Waals surface area contributed by atoms with Gasteiger partial charge in [-0.05, 0) is 18.8 Å². The summed E-state index contributed by atoms with van der Waals surface area (Å²) in [6, 6.07) is 0. The molecule has 0 aromatic rings. The summed E-state index contributed by atoms with van der Waals surface area (Å²) in [4.78, 5) is 0. The van der Waals surface area contributed by atoms with Gasteiger partial charge >= 0.3 is 8.25 Å². The first-order valence-corrected chi connectivity index (χ1v) is 11.8. The molecule has 0 saturated carbocycles. The topological polar surface area (TPSA) is 35.5 Å². The van der Waals surface area contributed by atoms with Crippen molar-refractivity contribution in [2.75, 3.05) is 13.2 Å². The van der Waals surface area contributed by atoms with Gasteiger partial charge in [0.05, 0.1) is 13.2 Å². The first-order valence-electron chi connectivity index (χ1n) is 10.5. The van der Waals surface area contributed by atoms with Gasteiger partial charge in [-0.25, -0.2) is 0 Å². The number of rotatable bonds is 19. The summed E-state index contributed by atoms with van der Waals surface area (Å²) < 4.78 is 22.5. The molecule has 0 amide bonds. The molecule has 0 N–H and O–H groups in total. The van der Waals surface area contributed by atoms with Crippen molar-refractivity contribution in [3.8, 4) is 0 Å². The lowest BCUT2D eigenvalue weighted by atomic mass is 10.0. The predicted molar refractivity (Wildman–Crippen MR) is 106 cm³/mol. The normalized spacial score (nSPS) is 14.0. The van der Waals surface area contributed by atoms with Gasteiger partial charge in [-0.2, -0.15) is 0 Å². The molecule has 0 heterocycles. The minimum Gasteiger partial charge on any atom is -0.311 e. The zero-order chi connectivity index (χ0) is 17.9. The van der Waals surface area contributed by atoms with Crippen LogP contribution in [0.5, 0.6) is 0 Å². The van der Waals surface area contributed by atoms with Gasteiger partial charge in [-0.1, -0.05) is 97.8 Å². The first kappa shape index (κ1) is 24.1. The van der Waals surface area contributed by atoms with E-state index in [1.54, 1.807) is 0 Å². The van der Waals surface area contributed by atoms with Crippen LogP contribution in [0, 0.1) is 5.92 Å². The third kappa shape index (κ3) is 17.0. The lowest BCUT2D eigenvalue weighted by molar-refractivity contribution is 0.187. The predicted octanol–water partition coefficient (Wildman–Crippen LogP) is 7.55. The Kier molecular flexibility index (Phi) is 19.6. The Balaban J connectivity index is 3.33. The maximum Gasteiger partial charge on any atom is 0.319 e. The van der Waals surface area contributed by atoms with E-state index >= 15 is 0 Å². The van der Waals surface area contributed by atoms with Crippen molar-refractivity contribution in [2.24, 2.45) is 5.92 Å². The standard InChI is InChI=1S/C20H43O3P/c1-4-7-9-10-11-12-13-14-15-16-18-22-24(21)23-19-20(6-3)17-8-5-2/h20,24H,4-19H2,1-3H3. The van der Waals surface area contributed by atoms with Crippen molar-refractivity contribution in [3.05, 3.63) is 0 Å². The first-order chi connectivity index (χ1) is 11.7. The highest BCUT2D eigenvalue weighted by molar-refractivity contribution is 7.33. The van der Waals surface area contributed by atoms with Crippen LogP contribution in [0.4, 0.5) is 0 Å². The van der Waals surface area contributed by atoms with Crippen molar-refractivity contribution < 1.29 is 13.6 Å². The molecule has 0 rings (SSSR count). The smallest absolute Gasteiger partial charge is 0.311 e. The average Bonchev–Trinajstić information content (AvgIpc) is 2.59. The molecule has 3 nitrogen and oxygen atoms in total. The third-order valence-corrected chi connectivity index (χ3v) is 5.54. The van der Waals surface area contributed by atoms with Crippen LogP contribution >= 0.6 is 8.25 Å². The molecule has 0 aromatic carbocycles. The van der Waals surface area contributed by atoms with Gasteiger partial charge in [-0.15, -0.1) is 0 Å². The van der Waals surface area contributed by atoms with Crippen molar-refractivity contribution in [2.45, 2.75) is 111 Å². The fourth-order valence-electron chi connectivity index (χ4n) is 2.87. The van der Waals surface area contributed by atoms with Gasteiger partial charge in [0.2, 0.25) is 0 Å². The van der Waals surface area contributed by atoms with E-state index in [1.165, 1.54) is 77.0 Å². The second-order valence-corrected chi connectivity index (χ2v) is 8.09. The Morgan fingerprint density at radius 3 is 1.79 bits per heavy atom. The van der Waals surface area contributed by atoms with Crippen molar-refractivity contribution in [1.29, 1.82) is 0 Å². The molecule has 0 fully saturated rings. The van der Waals surface area contributed by atoms with Crippen molar-refractivity contribution in [3.63, 3.8) is 0 Å². The summed E-state index contributed by atoms with van der Waals surface area (Å²) in [5, 5.41) is 0. The molecule has 146 valence electrons. The maximum atomic E-state index is 11.7. The zero-order valence-corrected chi connectivity index (χ0v) is 17.6. The Morgan fingerprint density at radius 1 is 0.708 bits per heavy atom. The number of hydrogen-bond acceptors (Lipinski definition) is 3. The third-order valence-electron chi connectivity index (χ3n) is 4.70. The second kappa shape index (κ2) is 19.5. The van der Waals surface area contributed by atoms with E-state index in [1.807, 2.05) is 0 Å². The van der Waals surface area contributed by atoms with E-state index in [0.717, 1.165) is 12.8 Å². The van der Waals surface area contributed by atoms with Crippen LogP contribution in [0.15, 0.2) is 0 Å². The Bertz CT molecular complexity index is 272. The molecule has 0 radical (unpaired) electrons. The summed E-state index contributed by atoms with van der Waals surface area (Å²) in [6.07, 6.45) is 17.7. The molecule has 24 heavy (non-hydrogen) atoms. The lowest BCUT2D eigenvalue weighted by Crippen LogP contribution is -2.06. The molecule has 0 aliphatic rings. The van der Waals surface area contributed by atoms with Crippen LogP contribution in [0.3, 0.4) is 0 Å². The Hall–Kier alpha value is 0.150. The maximum absolute atomic E-state index is 11.7. The van der Waals surface area contributed by atoms with Gasteiger partial charge < -0.3 is 9.05 Å². The fraction of sp³-hybridized carbons (Fsp3) is 1.00. The SMILES string of the molecule is CCCCCCCCCCCCO[PH](=O)OCC(CC)CCCC. The summed E-state index contributed by atoms with van der Waals surface area (Å²) in [5.41, 5.74) is 0. The van der Waals surface area contributed by atoms with Gasteiger partial charge in [0.1, 0.15) is 0 Å². The zero-order valence-electron chi connectivity index (χ0n) is 16.6. The van der Waals surface area contributed by atoms with Gasteiger partial charge in [-0.3, -0.25) is 4.57 Å². The van der Waals surface area contributed by atoms with Crippen molar-refractivity contribution >= 4 is 8.25 Å². The molecule has 0 aliphatic heterocycles. The van der Waals surface area contributed by atoms with E-state index in [0.29, 0.717) is 19.1 Å². The molecule has 2 unspecified atom stereocenters. The van der Waals surface area contributed by atoms with Crippen LogP contribution in [-0.4, -0.2) is 13.2 Å². The molecular formula is C20H43O3P. The molecule has 0 saturated heterocycles.